The highest BCUT2D eigenvalue weighted by Crippen LogP contribution is 2.30. The van der Waals surface area contributed by atoms with Crippen molar-refractivity contribution in [3.05, 3.63) is 23.3 Å². The molecule has 0 radical (unpaired) electrons. The lowest BCUT2D eigenvalue weighted by Gasteiger charge is -2.34. The van der Waals surface area contributed by atoms with E-state index in [0.717, 1.165) is 19.6 Å². The molecule has 2 bridgehead atoms. The Balaban J connectivity index is 1.87. The quantitative estimate of drug-likeness (QED) is 0.916. The van der Waals surface area contributed by atoms with Gasteiger partial charge in [-0.15, -0.1) is 0 Å². The average molecular weight is 276 g/mol. The molecule has 3 rings (SSSR count). The van der Waals surface area contributed by atoms with E-state index in [-0.39, 0.29) is 22.6 Å². The number of furan rings is 2. The van der Waals surface area contributed by atoms with E-state index in [1.54, 1.807) is 17.0 Å². The SMILES string of the molecule is CCN1CCN(C(=O)c2c(C(=O)O)c3ccc2o3)CC1. The van der Waals surface area contributed by atoms with Crippen molar-refractivity contribution in [1.29, 1.82) is 0 Å². The molecule has 1 aliphatic heterocycles. The summed E-state index contributed by atoms with van der Waals surface area (Å²) in [5.41, 5.74) is 0.814. The highest BCUT2D eigenvalue weighted by Gasteiger charge is 2.31. The van der Waals surface area contributed by atoms with Crippen molar-refractivity contribution < 1.29 is 19.1 Å². The molecule has 0 saturated carbocycles. The monoisotopic (exact) mass is 276 g/mol. The zero-order valence-corrected chi connectivity index (χ0v) is 11.3. The lowest BCUT2D eigenvalue weighted by molar-refractivity contribution is 0.0624. The van der Waals surface area contributed by atoms with Crippen LogP contribution < -0.4 is 0 Å². The number of hydrogen-bond acceptors (Lipinski definition) is 4. The molecule has 106 valence electrons. The van der Waals surface area contributed by atoms with Crippen molar-refractivity contribution in [2.45, 2.75) is 6.92 Å². The number of benzene rings is 1. The fraction of sp³-hybridized carbons (Fsp3) is 0.429. The predicted molar refractivity (Wildman–Crippen MR) is 72.4 cm³/mol. The van der Waals surface area contributed by atoms with E-state index in [4.69, 9.17) is 4.42 Å². The van der Waals surface area contributed by atoms with E-state index in [1.165, 1.54) is 0 Å². The van der Waals surface area contributed by atoms with Crippen molar-refractivity contribution in [2.75, 3.05) is 32.7 Å². The molecule has 3 heterocycles. The number of rotatable bonds is 3. The molecule has 20 heavy (non-hydrogen) atoms. The molecule has 1 fully saturated rings. The Morgan fingerprint density at radius 3 is 2.30 bits per heavy atom. The number of carbonyl (C=O) groups is 2. The maximum absolute atomic E-state index is 12.5. The van der Waals surface area contributed by atoms with Crippen molar-refractivity contribution in [2.24, 2.45) is 0 Å². The van der Waals surface area contributed by atoms with Crippen LogP contribution in [0.1, 0.15) is 27.6 Å². The number of carbonyl (C=O) groups excluding carboxylic acids is 1. The normalized spacial score (nSPS) is 16.9. The molecular weight excluding hydrogens is 260 g/mol. The number of hydrogen-bond donors (Lipinski definition) is 1. The van der Waals surface area contributed by atoms with Crippen LogP contribution in [-0.4, -0.2) is 59.5 Å². The van der Waals surface area contributed by atoms with Crippen molar-refractivity contribution in [3.63, 3.8) is 0 Å². The van der Waals surface area contributed by atoms with Crippen molar-refractivity contribution in [1.82, 2.24) is 9.80 Å². The fourth-order valence-electron chi connectivity index (χ4n) is 2.70. The van der Waals surface area contributed by atoms with Gasteiger partial charge in [0.25, 0.3) is 5.91 Å². The lowest BCUT2D eigenvalue weighted by atomic mass is 10.1. The molecule has 1 amide bonds. The predicted octanol–water partition coefficient (Wildman–Crippen LogP) is 1.35. The van der Waals surface area contributed by atoms with E-state index >= 15 is 0 Å². The molecular formula is C14H16N2O4. The highest BCUT2D eigenvalue weighted by atomic mass is 16.4. The van der Waals surface area contributed by atoms with Gasteiger partial charge in [-0.2, -0.15) is 0 Å². The van der Waals surface area contributed by atoms with Gasteiger partial charge in [0.05, 0.1) is 0 Å². The van der Waals surface area contributed by atoms with E-state index < -0.39 is 5.97 Å². The molecule has 0 aliphatic carbocycles. The summed E-state index contributed by atoms with van der Waals surface area (Å²) < 4.78 is 5.32. The minimum Gasteiger partial charge on any atom is -0.478 e. The first-order chi connectivity index (χ1) is 9.61. The molecule has 2 aromatic heterocycles. The Labute approximate surface area is 115 Å². The number of carboxylic acids is 1. The topological polar surface area (TPSA) is 74.0 Å². The van der Waals surface area contributed by atoms with Crippen LogP contribution in [0.3, 0.4) is 0 Å². The number of fused-ring (bicyclic) bond motifs is 2. The van der Waals surface area contributed by atoms with Gasteiger partial charge < -0.3 is 19.3 Å². The third-order valence-electron chi connectivity index (χ3n) is 3.88. The summed E-state index contributed by atoms with van der Waals surface area (Å²) in [6, 6.07) is 3.24. The molecule has 1 aliphatic rings. The maximum atomic E-state index is 12.5. The van der Waals surface area contributed by atoms with Crippen LogP contribution in [0.25, 0.3) is 11.2 Å². The number of piperazine rings is 1. The fourth-order valence-corrected chi connectivity index (χ4v) is 2.70. The van der Waals surface area contributed by atoms with E-state index in [9.17, 15) is 14.7 Å². The second-order valence-corrected chi connectivity index (χ2v) is 4.95. The number of carboxylic acid groups (broad SMARTS) is 1. The Hall–Kier alpha value is -2.08. The lowest BCUT2D eigenvalue weighted by Crippen LogP contribution is -2.48. The molecule has 0 aromatic carbocycles. The molecule has 1 saturated heterocycles. The second kappa shape index (κ2) is 4.79. The third kappa shape index (κ3) is 1.92. The third-order valence-corrected chi connectivity index (χ3v) is 3.88. The van der Waals surface area contributed by atoms with Crippen molar-refractivity contribution in [3.8, 4) is 0 Å². The van der Waals surface area contributed by atoms with E-state index in [0.29, 0.717) is 18.7 Å². The van der Waals surface area contributed by atoms with Gasteiger partial charge in [0.2, 0.25) is 0 Å². The van der Waals surface area contributed by atoms with Crippen LogP contribution in [0.2, 0.25) is 0 Å². The average Bonchev–Trinajstić information content (AvgIpc) is 3.07. The maximum Gasteiger partial charge on any atom is 0.340 e. The van der Waals surface area contributed by atoms with Gasteiger partial charge in [0.1, 0.15) is 22.3 Å². The molecule has 6 heteroatoms. The summed E-state index contributed by atoms with van der Waals surface area (Å²) in [6.07, 6.45) is 0. The van der Waals surface area contributed by atoms with E-state index in [1.807, 2.05) is 0 Å². The van der Waals surface area contributed by atoms with Crippen LogP contribution in [0.4, 0.5) is 0 Å². The van der Waals surface area contributed by atoms with Gasteiger partial charge in [-0.3, -0.25) is 4.79 Å². The first-order valence-corrected chi connectivity index (χ1v) is 6.71. The van der Waals surface area contributed by atoms with Gasteiger partial charge in [0, 0.05) is 26.2 Å². The standard InChI is InChI=1S/C14H16N2O4/c1-2-15-5-7-16(8-6-15)13(17)11-9-3-4-10(20-9)12(11)14(18)19/h3-4H,2,5-8H2,1H3,(H,18,19). The van der Waals surface area contributed by atoms with Crippen LogP contribution in [0, 0.1) is 0 Å². The molecule has 0 spiro atoms. The highest BCUT2D eigenvalue weighted by molar-refractivity contribution is 6.14. The first-order valence-electron chi connectivity index (χ1n) is 6.71. The molecule has 0 unspecified atom stereocenters. The summed E-state index contributed by atoms with van der Waals surface area (Å²) in [6.45, 7) is 5.93. The van der Waals surface area contributed by atoms with Gasteiger partial charge in [-0.05, 0) is 18.7 Å². The van der Waals surface area contributed by atoms with Gasteiger partial charge in [-0.1, -0.05) is 6.92 Å². The minimum absolute atomic E-state index is 0.00887. The van der Waals surface area contributed by atoms with Crippen molar-refractivity contribution >= 4 is 23.0 Å². The van der Waals surface area contributed by atoms with E-state index in [2.05, 4.69) is 11.8 Å². The number of amides is 1. The largest absolute Gasteiger partial charge is 0.478 e. The zero-order chi connectivity index (χ0) is 14.3. The number of likely N-dealkylation sites (N-methyl/N-ethyl adjacent to an activating group) is 1. The zero-order valence-electron chi connectivity index (χ0n) is 11.3. The molecule has 1 N–H and O–H groups in total. The number of aromatic carboxylic acids is 1. The van der Waals surface area contributed by atoms with Crippen LogP contribution in [0.15, 0.2) is 16.5 Å². The summed E-state index contributed by atoms with van der Waals surface area (Å²) in [5.74, 6) is -1.36. The molecule has 6 nitrogen and oxygen atoms in total. The Morgan fingerprint density at radius 1 is 1.15 bits per heavy atom. The smallest absolute Gasteiger partial charge is 0.340 e. The Kier molecular flexibility index (Phi) is 3.10. The minimum atomic E-state index is -1.12. The second-order valence-electron chi connectivity index (χ2n) is 4.95. The Morgan fingerprint density at radius 2 is 1.75 bits per heavy atom. The summed E-state index contributed by atoms with van der Waals surface area (Å²) in [5, 5.41) is 9.25. The molecule has 0 atom stereocenters. The summed E-state index contributed by atoms with van der Waals surface area (Å²) in [4.78, 5) is 27.8. The summed E-state index contributed by atoms with van der Waals surface area (Å²) >= 11 is 0. The first kappa shape index (κ1) is 12.9. The van der Waals surface area contributed by atoms with Crippen LogP contribution >= 0.6 is 0 Å². The van der Waals surface area contributed by atoms with Crippen LogP contribution in [-0.2, 0) is 0 Å². The summed E-state index contributed by atoms with van der Waals surface area (Å²) in [7, 11) is 0. The van der Waals surface area contributed by atoms with Gasteiger partial charge in [-0.25, -0.2) is 4.79 Å². The Bertz CT molecular complexity index is 640. The number of nitrogens with zero attached hydrogens (tertiary/aromatic N) is 2. The van der Waals surface area contributed by atoms with Gasteiger partial charge in [0.15, 0.2) is 0 Å². The molecule has 2 aromatic rings. The van der Waals surface area contributed by atoms with Gasteiger partial charge >= 0.3 is 5.97 Å². The van der Waals surface area contributed by atoms with Crippen LogP contribution in [0.5, 0.6) is 0 Å².